The van der Waals surface area contributed by atoms with Gasteiger partial charge in [0.1, 0.15) is 17.8 Å². The molecule has 2 aliphatic heterocycles. The van der Waals surface area contributed by atoms with E-state index in [1.165, 1.54) is 10.6 Å². The molecule has 0 saturated carbocycles. The Morgan fingerprint density at radius 2 is 2.29 bits per heavy atom. The molecule has 0 spiro atoms. The van der Waals surface area contributed by atoms with Crippen LogP contribution in [-0.4, -0.2) is 42.3 Å². The average Bonchev–Trinajstić information content (AvgIpc) is 3.13. The highest BCUT2D eigenvalue weighted by Gasteiger charge is 2.34. The Bertz CT molecular complexity index is 1090. The molecular formula is C19H22FN5O3. The van der Waals surface area contributed by atoms with E-state index >= 15 is 4.39 Å². The molecule has 148 valence electrons. The van der Waals surface area contributed by atoms with Crippen LogP contribution in [0.2, 0.25) is 0 Å². The summed E-state index contributed by atoms with van der Waals surface area (Å²) in [5, 5.41) is 12.3. The standard InChI is InChI=1S/C19H22FN5O3/c1-10-9-28-17-15-12(18(26)23-19(27)25(10)15)7-13(20)16(17)24-6-4-11(8-24)14(22-2)3-5-21/h7,10-11,14,22H,3-4,6,8-9H2,1-2H3,(H,23,26,27). The quantitative estimate of drug-likeness (QED) is 0.815. The number of hydrogen-bond acceptors (Lipinski definition) is 6. The summed E-state index contributed by atoms with van der Waals surface area (Å²) >= 11 is 0. The number of nitrogens with one attached hydrogen (secondary N) is 2. The Morgan fingerprint density at radius 1 is 1.50 bits per heavy atom. The summed E-state index contributed by atoms with van der Waals surface area (Å²) in [5.41, 5.74) is -0.512. The molecule has 28 heavy (non-hydrogen) atoms. The van der Waals surface area contributed by atoms with Gasteiger partial charge in [-0.1, -0.05) is 0 Å². The Balaban J connectivity index is 1.84. The number of aromatic amines is 1. The summed E-state index contributed by atoms with van der Waals surface area (Å²) in [6.07, 6.45) is 1.19. The van der Waals surface area contributed by atoms with E-state index in [0.717, 1.165) is 6.42 Å². The van der Waals surface area contributed by atoms with Gasteiger partial charge in [0, 0.05) is 19.1 Å². The summed E-state index contributed by atoms with van der Waals surface area (Å²) < 4.78 is 22.4. The number of ether oxygens (including phenoxy) is 1. The number of nitrogens with zero attached hydrogens (tertiary/aromatic N) is 3. The number of halogens is 1. The Hall–Kier alpha value is -2.86. The molecule has 1 aromatic heterocycles. The number of rotatable bonds is 4. The van der Waals surface area contributed by atoms with Crippen LogP contribution in [-0.2, 0) is 0 Å². The molecule has 2 aliphatic rings. The Kier molecular flexibility index (Phi) is 4.59. The molecule has 0 aliphatic carbocycles. The Labute approximate surface area is 160 Å². The highest BCUT2D eigenvalue weighted by Crippen LogP contribution is 2.42. The van der Waals surface area contributed by atoms with Gasteiger partial charge in [0.25, 0.3) is 5.56 Å². The number of hydrogen-bond donors (Lipinski definition) is 2. The average molecular weight is 387 g/mol. The van der Waals surface area contributed by atoms with Crippen molar-refractivity contribution in [3.05, 3.63) is 32.7 Å². The summed E-state index contributed by atoms with van der Waals surface area (Å²) in [4.78, 5) is 28.8. The first-order valence-electron chi connectivity index (χ1n) is 9.39. The lowest BCUT2D eigenvalue weighted by Crippen LogP contribution is -2.38. The molecule has 4 rings (SSSR count). The zero-order valence-corrected chi connectivity index (χ0v) is 15.8. The number of benzene rings is 1. The van der Waals surface area contributed by atoms with Crippen LogP contribution in [0.15, 0.2) is 15.7 Å². The van der Waals surface area contributed by atoms with Crippen LogP contribution >= 0.6 is 0 Å². The monoisotopic (exact) mass is 387 g/mol. The minimum atomic E-state index is -0.621. The summed E-state index contributed by atoms with van der Waals surface area (Å²) in [5.74, 6) is -0.108. The molecule has 1 saturated heterocycles. The topological polar surface area (TPSA) is 103 Å². The second kappa shape index (κ2) is 6.95. The summed E-state index contributed by atoms with van der Waals surface area (Å²) in [6, 6.07) is 3.12. The van der Waals surface area contributed by atoms with Crippen molar-refractivity contribution in [2.45, 2.75) is 31.8 Å². The zero-order chi connectivity index (χ0) is 20.0. The second-order valence-electron chi connectivity index (χ2n) is 7.47. The highest BCUT2D eigenvalue weighted by molar-refractivity contribution is 5.91. The minimum absolute atomic E-state index is 0.0249. The van der Waals surface area contributed by atoms with E-state index in [4.69, 9.17) is 10.00 Å². The first kappa shape index (κ1) is 18.5. The largest absolute Gasteiger partial charge is 0.487 e. The van der Waals surface area contributed by atoms with Crippen molar-refractivity contribution in [2.75, 3.05) is 31.6 Å². The molecule has 2 aromatic rings. The summed E-state index contributed by atoms with van der Waals surface area (Å²) in [6.45, 7) is 3.21. The van der Waals surface area contributed by atoms with Gasteiger partial charge in [-0.05, 0) is 32.4 Å². The van der Waals surface area contributed by atoms with Crippen LogP contribution in [0, 0.1) is 23.1 Å². The molecule has 2 N–H and O–H groups in total. The van der Waals surface area contributed by atoms with Crippen molar-refractivity contribution in [1.82, 2.24) is 14.9 Å². The van der Waals surface area contributed by atoms with Crippen LogP contribution < -0.4 is 26.2 Å². The maximum Gasteiger partial charge on any atom is 0.329 e. The first-order valence-corrected chi connectivity index (χ1v) is 9.39. The fraction of sp³-hybridized carbons (Fsp3) is 0.526. The molecular weight excluding hydrogens is 365 g/mol. The van der Waals surface area contributed by atoms with Crippen molar-refractivity contribution in [2.24, 2.45) is 5.92 Å². The van der Waals surface area contributed by atoms with E-state index in [1.54, 1.807) is 0 Å². The Morgan fingerprint density at radius 3 is 3.00 bits per heavy atom. The van der Waals surface area contributed by atoms with Gasteiger partial charge < -0.3 is 15.0 Å². The number of nitriles is 1. The normalized spacial score (nSPS) is 22.1. The van der Waals surface area contributed by atoms with E-state index in [0.29, 0.717) is 25.0 Å². The lowest BCUT2D eigenvalue weighted by atomic mass is 9.97. The molecule has 3 atom stereocenters. The molecule has 8 nitrogen and oxygen atoms in total. The van der Waals surface area contributed by atoms with Crippen LogP contribution in [0.3, 0.4) is 0 Å². The van der Waals surface area contributed by atoms with E-state index in [-0.39, 0.29) is 41.4 Å². The third-order valence-corrected chi connectivity index (χ3v) is 5.81. The van der Waals surface area contributed by atoms with Gasteiger partial charge in [-0.2, -0.15) is 5.26 Å². The minimum Gasteiger partial charge on any atom is -0.487 e. The van der Waals surface area contributed by atoms with Crippen molar-refractivity contribution >= 4 is 16.6 Å². The molecule has 1 fully saturated rings. The van der Waals surface area contributed by atoms with Gasteiger partial charge in [0.2, 0.25) is 0 Å². The predicted octanol–water partition coefficient (Wildman–Crippen LogP) is 1.11. The molecule has 9 heteroatoms. The lowest BCUT2D eigenvalue weighted by Gasteiger charge is -2.30. The third-order valence-electron chi connectivity index (χ3n) is 5.81. The van der Waals surface area contributed by atoms with Gasteiger partial charge in [-0.25, -0.2) is 9.18 Å². The van der Waals surface area contributed by atoms with Crippen LogP contribution in [0.5, 0.6) is 5.75 Å². The van der Waals surface area contributed by atoms with Crippen molar-refractivity contribution < 1.29 is 9.13 Å². The van der Waals surface area contributed by atoms with E-state index in [1.807, 2.05) is 18.9 Å². The fourth-order valence-corrected chi connectivity index (χ4v) is 4.40. The number of aromatic nitrogens is 2. The van der Waals surface area contributed by atoms with Gasteiger partial charge in [-0.3, -0.25) is 14.3 Å². The molecule has 1 aromatic carbocycles. The fourth-order valence-electron chi connectivity index (χ4n) is 4.40. The van der Waals surface area contributed by atoms with Crippen LogP contribution in [0.1, 0.15) is 25.8 Å². The van der Waals surface area contributed by atoms with Crippen molar-refractivity contribution in [3.8, 4) is 11.8 Å². The maximum absolute atomic E-state index is 15.1. The molecule has 3 unspecified atom stereocenters. The smallest absolute Gasteiger partial charge is 0.329 e. The molecule has 0 bridgehead atoms. The van der Waals surface area contributed by atoms with E-state index in [2.05, 4.69) is 16.4 Å². The van der Waals surface area contributed by atoms with Crippen molar-refractivity contribution in [3.63, 3.8) is 0 Å². The predicted molar refractivity (Wildman–Crippen MR) is 102 cm³/mol. The maximum atomic E-state index is 15.1. The van der Waals surface area contributed by atoms with Crippen LogP contribution in [0.4, 0.5) is 10.1 Å². The molecule has 0 amide bonds. The SMILES string of the molecule is CNC(CC#N)C1CCN(c2c(F)cc3c(=O)[nH]c(=O)n4c3c2OCC4C)C1. The molecule has 0 radical (unpaired) electrons. The van der Waals surface area contributed by atoms with E-state index in [9.17, 15) is 9.59 Å². The molecule has 3 heterocycles. The van der Waals surface area contributed by atoms with Gasteiger partial charge in [0.15, 0.2) is 11.6 Å². The van der Waals surface area contributed by atoms with E-state index < -0.39 is 17.1 Å². The zero-order valence-electron chi connectivity index (χ0n) is 15.8. The van der Waals surface area contributed by atoms with Crippen LogP contribution in [0.25, 0.3) is 10.9 Å². The van der Waals surface area contributed by atoms with Gasteiger partial charge in [-0.15, -0.1) is 0 Å². The van der Waals surface area contributed by atoms with Crippen molar-refractivity contribution in [1.29, 1.82) is 5.26 Å². The van der Waals surface area contributed by atoms with Gasteiger partial charge in [0.05, 0.1) is 23.9 Å². The lowest BCUT2D eigenvalue weighted by molar-refractivity contribution is 0.242. The first-order chi connectivity index (χ1) is 13.5. The van der Waals surface area contributed by atoms with Gasteiger partial charge >= 0.3 is 5.69 Å². The second-order valence-corrected chi connectivity index (χ2v) is 7.47. The summed E-state index contributed by atoms with van der Waals surface area (Å²) in [7, 11) is 1.82. The number of H-pyrrole nitrogens is 1. The number of anilines is 1. The third kappa shape index (κ3) is 2.76. The highest BCUT2D eigenvalue weighted by atomic mass is 19.1.